The molecule has 2 aliphatic heterocycles. The third kappa shape index (κ3) is 5.13. The lowest BCUT2D eigenvalue weighted by atomic mass is 9.92. The number of aromatic nitrogens is 1. The maximum atomic E-state index is 13.1. The van der Waals surface area contributed by atoms with E-state index in [4.69, 9.17) is 4.74 Å². The van der Waals surface area contributed by atoms with Crippen LogP contribution in [-0.2, 0) is 6.61 Å². The van der Waals surface area contributed by atoms with Crippen LogP contribution in [0.3, 0.4) is 0 Å². The summed E-state index contributed by atoms with van der Waals surface area (Å²) in [7, 11) is 0. The third-order valence-electron chi connectivity index (χ3n) is 5.28. The molecule has 0 spiro atoms. The zero-order chi connectivity index (χ0) is 17.1. The molecule has 3 heterocycles. The first kappa shape index (κ1) is 22.0. The van der Waals surface area contributed by atoms with Gasteiger partial charge in [-0.25, -0.2) is 4.98 Å². The van der Waals surface area contributed by atoms with Gasteiger partial charge in [0.15, 0.2) is 0 Å². The predicted octanol–water partition coefficient (Wildman–Crippen LogP) is 3.64. The molecule has 1 N–H and O–H groups in total. The monoisotopic (exact) mass is 429 g/mol. The number of hydrogen-bond donors (Lipinski definition) is 1. The molecule has 148 valence electrons. The summed E-state index contributed by atoms with van der Waals surface area (Å²) in [5.74, 6) is 2.16. The van der Waals surface area contributed by atoms with Crippen LogP contribution in [0.1, 0.15) is 28.9 Å². The van der Waals surface area contributed by atoms with Crippen molar-refractivity contribution >= 4 is 42.1 Å². The van der Waals surface area contributed by atoms with Gasteiger partial charge in [0.2, 0.25) is 0 Å². The molecule has 1 aromatic carbocycles. The molecule has 0 unspecified atom stereocenters. The Kier molecular flexibility index (Phi) is 8.35. The summed E-state index contributed by atoms with van der Waals surface area (Å²) in [6, 6.07) is 7.55. The molecule has 2 saturated heterocycles. The van der Waals surface area contributed by atoms with Gasteiger partial charge < -0.3 is 15.0 Å². The fraction of sp³-hybridized carbons (Fsp3) is 0.474. The molecule has 0 saturated carbocycles. The van der Waals surface area contributed by atoms with E-state index < -0.39 is 0 Å². The van der Waals surface area contributed by atoms with E-state index in [1.165, 1.54) is 0 Å². The minimum absolute atomic E-state index is 0. The van der Waals surface area contributed by atoms with Gasteiger partial charge in [0.1, 0.15) is 12.4 Å². The van der Waals surface area contributed by atoms with Crippen LogP contribution in [0.5, 0.6) is 5.75 Å². The molecule has 2 atom stereocenters. The average molecular weight is 430 g/mol. The molecule has 0 radical (unpaired) electrons. The Balaban J connectivity index is 0.00000131. The van der Waals surface area contributed by atoms with Crippen LogP contribution < -0.4 is 10.1 Å². The van der Waals surface area contributed by atoms with Crippen molar-refractivity contribution in [3.05, 3.63) is 46.4 Å². The van der Waals surface area contributed by atoms with E-state index in [1.807, 2.05) is 34.5 Å². The van der Waals surface area contributed by atoms with Gasteiger partial charge in [-0.2, -0.15) is 0 Å². The quantitative estimate of drug-likeness (QED) is 0.805. The molecule has 2 aromatic rings. The molecular weight excluding hydrogens is 405 g/mol. The number of carbonyl (C=O) groups is 1. The number of benzene rings is 1. The first-order valence-corrected chi connectivity index (χ1v) is 9.84. The van der Waals surface area contributed by atoms with Gasteiger partial charge in [0.25, 0.3) is 5.91 Å². The zero-order valence-electron chi connectivity index (χ0n) is 15.0. The Morgan fingerprint density at radius 3 is 2.56 bits per heavy atom. The fourth-order valence-electron chi connectivity index (χ4n) is 3.82. The van der Waals surface area contributed by atoms with Crippen molar-refractivity contribution in [2.45, 2.75) is 19.4 Å². The lowest BCUT2D eigenvalue weighted by molar-refractivity contribution is 0.0753. The van der Waals surface area contributed by atoms with Gasteiger partial charge in [0.05, 0.1) is 16.8 Å². The largest absolute Gasteiger partial charge is 0.486 e. The second kappa shape index (κ2) is 10.3. The van der Waals surface area contributed by atoms with Gasteiger partial charge in [-0.1, -0.05) is 12.1 Å². The number of para-hydroxylation sites is 1. The molecule has 8 heteroatoms. The highest BCUT2D eigenvalue weighted by atomic mass is 35.5. The standard InChI is InChI=1S/C19H23N3O2S.2ClH/c23-19(22-7-5-14-9-20-10-15(14)6-8-22)17-3-1-2-4-18(17)24-11-16-12-25-13-21-16;;/h1-4,12-15,20H,5-11H2;2*1H/t14-,15+;;. The third-order valence-corrected chi connectivity index (χ3v) is 5.92. The number of ether oxygens (including phenoxy) is 1. The van der Waals surface area contributed by atoms with E-state index in [0.29, 0.717) is 29.8 Å². The predicted molar refractivity (Wildman–Crippen MR) is 112 cm³/mol. The highest BCUT2D eigenvalue weighted by molar-refractivity contribution is 7.07. The minimum atomic E-state index is 0. The lowest BCUT2D eigenvalue weighted by Gasteiger charge is -2.22. The molecule has 27 heavy (non-hydrogen) atoms. The van der Waals surface area contributed by atoms with Crippen molar-refractivity contribution in [2.75, 3.05) is 26.2 Å². The number of thiazole rings is 1. The number of rotatable bonds is 4. The molecule has 2 fully saturated rings. The summed E-state index contributed by atoms with van der Waals surface area (Å²) < 4.78 is 5.89. The van der Waals surface area contributed by atoms with Crippen LogP contribution in [0.25, 0.3) is 0 Å². The number of carbonyl (C=O) groups excluding carboxylic acids is 1. The highest BCUT2D eigenvalue weighted by Gasteiger charge is 2.32. The Morgan fingerprint density at radius 2 is 1.89 bits per heavy atom. The number of amides is 1. The molecule has 5 nitrogen and oxygen atoms in total. The van der Waals surface area contributed by atoms with Crippen molar-refractivity contribution in [1.29, 1.82) is 0 Å². The maximum Gasteiger partial charge on any atom is 0.257 e. The normalized spacial score (nSPS) is 21.4. The number of halogens is 2. The number of likely N-dealkylation sites (tertiary alicyclic amines) is 1. The van der Waals surface area contributed by atoms with Crippen LogP contribution in [0.15, 0.2) is 35.2 Å². The second-order valence-electron chi connectivity index (χ2n) is 6.81. The number of nitrogens with zero attached hydrogens (tertiary/aromatic N) is 2. The SMILES string of the molecule is Cl.Cl.O=C(c1ccccc1OCc1cscn1)N1CC[C@@H]2CNC[C@@H]2CC1. The fourth-order valence-corrected chi connectivity index (χ4v) is 4.36. The van der Waals surface area contributed by atoms with Crippen LogP contribution >= 0.6 is 36.2 Å². The van der Waals surface area contributed by atoms with E-state index in [2.05, 4.69) is 10.3 Å². The first-order valence-electron chi connectivity index (χ1n) is 8.90. The van der Waals surface area contributed by atoms with E-state index in [9.17, 15) is 4.79 Å². The van der Waals surface area contributed by atoms with Gasteiger partial charge in [-0.15, -0.1) is 36.2 Å². The number of nitrogens with one attached hydrogen (secondary N) is 1. The van der Waals surface area contributed by atoms with E-state index >= 15 is 0 Å². The van der Waals surface area contributed by atoms with Gasteiger partial charge in [-0.05, 0) is 49.9 Å². The van der Waals surface area contributed by atoms with Crippen LogP contribution in [0.2, 0.25) is 0 Å². The molecular formula is C19H25Cl2N3O2S. The van der Waals surface area contributed by atoms with Crippen molar-refractivity contribution < 1.29 is 9.53 Å². The molecule has 0 aliphatic carbocycles. The maximum absolute atomic E-state index is 13.1. The van der Waals surface area contributed by atoms with Crippen LogP contribution in [0.4, 0.5) is 0 Å². The Labute approximate surface area is 176 Å². The van der Waals surface area contributed by atoms with E-state index in [1.54, 1.807) is 16.8 Å². The Hall–Kier alpha value is -1.34. The minimum Gasteiger partial charge on any atom is -0.486 e. The van der Waals surface area contributed by atoms with Crippen LogP contribution in [-0.4, -0.2) is 42.0 Å². The molecule has 0 bridgehead atoms. The van der Waals surface area contributed by atoms with Gasteiger partial charge >= 0.3 is 0 Å². The Morgan fingerprint density at radius 1 is 1.19 bits per heavy atom. The van der Waals surface area contributed by atoms with Crippen molar-refractivity contribution in [1.82, 2.24) is 15.2 Å². The second-order valence-corrected chi connectivity index (χ2v) is 7.53. The zero-order valence-corrected chi connectivity index (χ0v) is 17.5. The van der Waals surface area contributed by atoms with E-state index in [0.717, 1.165) is 44.7 Å². The summed E-state index contributed by atoms with van der Waals surface area (Å²) in [5, 5.41) is 5.44. The van der Waals surface area contributed by atoms with E-state index in [-0.39, 0.29) is 30.7 Å². The first-order chi connectivity index (χ1) is 12.3. The smallest absolute Gasteiger partial charge is 0.257 e. The molecule has 4 rings (SSSR count). The number of hydrogen-bond acceptors (Lipinski definition) is 5. The Bertz CT molecular complexity index is 716. The summed E-state index contributed by atoms with van der Waals surface area (Å²) in [4.78, 5) is 19.3. The lowest BCUT2D eigenvalue weighted by Crippen LogP contribution is -2.33. The average Bonchev–Trinajstić information content (AvgIpc) is 3.28. The van der Waals surface area contributed by atoms with Crippen molar-refractivity contribution in [3.63, 3.8) is 0 Å². The molecule has 2 aliphatic rings. The van der Waals surface area contributed by atoms with Crippen LogP contribution in [0, 0.1) is 11.8 Å². The van der Waals surface area contributed by atoms with Gasteiger partial charge in [0, 0.05) is 18.5 Å². The summed E-state index contributed by atoms with van der Waals surface area (Å²) in [5.41, 5.74) is 3.34. The molecule has 1 aromatic heterocycles. The summed E-state index contributed by atoms with van der Waals surface area (Å²) in [6.45, 7) is 4.26. The topological polar surface area (TPSA) is 54.5 Å². The van der Waals surface area contributed by atoms with Crippen molar-refractivity contribution in [2.24, 2.45) is 11.8 Å². The molecule has 1 amide bonds. The van der Waals surface area contributed by atoms with Crippen molar-refractivity contribution in [3.8, 4) is 5.75 Å². The van der Waals surface area contributed by atoms with Gasteiger partial charge in [-0.3, -0.25) is 4.79 Å². The highest BCUT2D eigenvalue weighted by Crippen LogP contribution is 2.29. The summed E-state index contributed by atoms with van der Waals surface area (Å²) >= 11 is 1.55. The number of fused-ring (bicyclic) bond motifs is 1. The summed E-state index contributed by atoms with van der Waals surface area (Å²) in [6.07, 6.45) is 2.18.